The van der Waals surface area contributed by atoms with Crippen LogP contribution in [0.4, 0.5) is 0 Å². The molecule has 2 N–H and O–H groups in total. The predicted octanol–water partition coefficient (Wildman–Crippen LogP) is 0.735. The van der Waals surface area contributed by atoms with Crippen LogP contribution in [0.25, 0.3) is 0 Å². The van der Waals surface area contributed by atoms with Crippen LogP contribution in [0.2, 0.25) is 0 Å². The molecular weight excluding hydrogens is 164 g/mol. The van der Waals surface area contributed by atoms with Crippen molar-refractivity contribution in [2.75, 3.05) is 6.54 Å². The van der Waals surface area contributed by atoms with Gasteiger partial charge in [-0.25, -0.2) is 0 Å². The molecule has 13 heavy (non-hydrogen) atoms. The molecule has 1 saturated heterocycles. The van der Waals surface area contributed by atoms with Crippen molar-refractivity contribution in [1.82, 2.24) is 4.90 Å². The molecule has 2 atom stereocenters. The molecule has 0 aromatic carbocycles. The van der Waals surface area contributed by atoms with E-state index in [1.54, 1.807) is 0 Å². The van der Waals surface area contributed by atoms with Gasteiger partial charge in [0, 0.05) is 25.0 Å². The summed E-state index contributed by atoms with van der Waals surface area (Å²) in [5.41, 5.74) is 5.74. The van der Waals surface area contributed by atoms with Crippen LogP contribution in [-0.4, -0.2) is 29.4 Å². The lowest BCUT2D eigenvalue weighted by Crippen LogP contribution is -2.36. The molecule has 2 unspecified atom stereocenters. The summed E-state index contributed by atoms with van der Waals surface area (Å²) in [6.45, 7) is 2.92. The van der Waals surface area contributed by atoms with Crippen LogP contribution < -0.4 is 5.73 Å². The smallest absolute Gasteiger partial charge is 0.224 e. The number of hydrogen-bond acceptors (Lipinski definition) is 2. The first-order valence-corrected chi connectivity index (χ1v) is 5.22. The van der Waals surface area contributed by atoms with Gasteiger partial charge in [0.1, 0.15) is 0 Å². The molecule has 1 saturated carbocycles. The second-order valence-electron chi connectivity index (χ2n) is 4.54. The van der Waals surface area contributed by atoms with Gasteiger partial charge < -0.3 is 10.6 Å². The molecule has 0 aromatic heterocycles. The summed E-state index contributed by atoms with van der Waals surface area (Å²) in [6, 6.07) is 0.489. The molecule has 0 radical (unpaired) electrons. The first-order chi connectivity index (χ1) is 6.16. The lowest BCUT2D eigenvalue weighted by atomic mass is 10.1. The fourth-order valence-electron chi connectivity index (χ4n) is 2.15. The molecule has 0 spiro atoms. The van der Waals surface area contributed by atoms with Gasteiger partial charge in [0.05, 0.1) is 0 Å². The van der Waals surface area contributed by atoms with Crippen molar-refractivity contribution in [3.63, 3.8) is 0 Å². The zero-order chi connectivity index (χ0) is 9.42. The van der Waals surface area contributed by atoms with Crippen LogP contribution in [0, 0.1) is 5.92 Å². The van der Waals surface area contributed by atoms with Crippen LogP contribution in [0.5, 0.6) is 0 Å². The summed E-state index contributed by atoms with van der Waals surface area (Å²) in [5.74, 6) is 1.14. The van der Waals surface area contributed by atoms with Crippen LogP contribution in [0.15, 0.2) is 0 Å². The van der Waals surface area contributed by atoms with Crippen molar-refractivity contribution in [1.29, 1.82) is 0 Å². The van der Waals surface area contributed by atoms with Crippen LogP contribution >= 0.6 is 0 Å². The van der Waals surface area contributed by atoms with E-state index in [-0.39, 0.29) is 11.9 Å². The van der Waals surface area contributed by atoms with Crippen molar-refractivity contribution >= 4 is 5.91 Å². The largest absolute Gasteiger partial charge is 0.338 e. The third-order valence-electron chi connectivity index (χ3n) is 3.09. The van der Waals surface area contributed by atoms with Crippen molar-refractivity contribution in [3.05, 3.63) is 0 Å². The Hall–Kier alpha value is -0.570. The highest BCUT2D eigenvalue weighted by Crippen LogP contribution is 2.35. The van der Waals surface area contributed by atoms with E-state index in [9.17, 15) is 4.79 Å². The van der Waals surface area contributed by atoms with Crippen molar-refractivity contribution in [2.24, 2.45) is 11.7 Å². The zero-order valence-corrected chi connectivity index (χ0v) is 8.20. The average Bonchev–Trinajstić information content (AvgIpc) is 2.77. The standard InChI is InChI=1S/C10H18N2O/c1-7(4-8-2-3-8)12-6-9(11)5-10(12)13/h7-9H,2-6,11H2,1H3. The van der Waals surface area contributed by atoms with Gasteiger partial charge in [0.25, 0.3) is 0 Å². The molecule has 1 aliphatic carbocycles. The SMILES string of the molecule is CC(CC1CC1)N1CC(N)CC1=O. The lowest BCUT2D eigenvalue weighted by Gasteiger charge is -2.24. The average molecular weight is 182 g/mol. The van der Waals surface area contributed by atoms with E-state index < -0.39 is 0 Å². The van der Waals surface area contributed by atoms with Gasteiger partial charge in [-0.3, -0.25) is 4.79 Å². The molecule has 1 aliphatic heterocycles. The lowest BCUT2D eigenvalue weighted by molar-refractivity contribution is -0.129. The maximum Gasteiger partial charge on any atom is 0.224 e. The number of amides is 1. The van der Waals surface area contributed by atoms with Gasteiger partial charge in [-0.15, -0.1) is 0 Å². The number of nitrogens with zero attached hydrogens (tertiary/aromatic N) is 1. The Morgan fingerprint density at radius 2 is 2.31 bits per heavy atom. The Balaban J connectivity index is 1.87. The van der Waals surface area contributed by atoms with Gasteiger partial charge >= 0.3 is 0 Å². The topological polar surface area (TPSA) is 46.3 Å². The summed E-state index contributed by atoms with van der Waals surface area (Å²) in [7, 11) is 0. The van der Waals surface area contributed by atoms with E-state index in [1.165, 1.54) is 19.3 Å². The molecule has 74 valence electrons. The number of hydrogen-bond donors (Lipinski definition) is 1. The molecule has 2 rings (SSSR count). The second kappa shape index (κ2) is 3.29. The summed E-state index contributed by atoms with van der Waals surface area (Å²) in [6.07, 6.45) is 4.45. The normalized spacial score (nSPS) is 31.1. The van der Waals surface area contributed by atoms with Crippen LogP contribution in [0.3, 0.4) is 0 Å². The number of carbonyl (C=O) groups is 1. The van der Waals surface area contributed by atoms with Gasteiger partial charge in [-0.2, -0.15) is 0 Å². The number of rotatable bonds is 3. The second-order valence-corrected chi connectivity index (χ2v) is 4.54. The van der Waals surface area contributed by atoms with Crippen LogP contribution in [-0.2, 0) is 4.79 Å². The molecule has 1 heterocycles. The Kier molecular flexibility index (Phi) is 2.28. The highest BCUT2D eigenvalue weighted by Gasteiger charge is 2.33. The Morgan fingerprint density at radius 3 is 2.77 bits per heavy atom. The van der Waals surface area contributed by atoms with E-state index in [1.807, 2.05) is 4.90 Å². The fourth-order valence-corrected chi connectivity index (χ4v) is 2.15. The first kappa shape index (κ1) is 9.00. The van der Waals surface area contributed by atoms with Gasteiger partial charge in [0.2, 0.25) is 5.91 Å². The molecule has 1 amide bonds. The highest BCUT2D eigenvalue weighted by atomic mass is 16.2. The molecule has 2 fully saturated rings. The van der Waals surface area contributed by atoms with Crippen molar-refractivity contribution < 1.29 is 4.79 Å². The number of nitrogens with two attached hydrogens (primary N) is 1. The molecule has 0 bridgehead atoms. The minimum Gasteiger partial charge on any atom is -0.338 e. The molecule has 3 nitrogen and oxygen atoms in total. The fraction of sp³-hybridized carbons (Fsp3) is 0.900. The Labute approximate surface area is 79.3 Å². The molecular formula is C10H18N2O. The van der Waals surface area contributed by atoms with E-state index in [0.717, 1.165) is 12.5 Å². The third kappa shape index (κ3) is 2.02. The monoisotopic (exact) mass is 182 g/mol. The minimum absolute atomic E-state index is 0.0779. The highest BCUT2D eigenvalue weighted by molar-refractivity contribution is 5.79. The van der Waals surface area contributed by atoms with Gasteiger partial charge in [-0.05, 0) is 19.3 Å². The zero-order valence-electron chi connectivity index (χ0n) is 8.20. The van der Waals surface area contributed by atoms with Crippen molar-refractivity contribution in [3.8, 4) is 0 Å². The molecule has 2 aliphatic rings. The maximum absolute atomic E-state index is 11.5. The van der Waals surface area contributed by atoms with Gasteiger partial charge in [0.15, 0.2) is 0 Å². The maximum atomic E-state index is 11.5. The molecule has 0 aromatic rings. The summed E-state index contributed by atoms with van der Waals surface area (Å²) >= 11 is 0. The number of carbonyl (C=O) groups excluding carboxylic acids is 1. The summed E-state index contributed by atoms with van der Waals surface area (Å²) in [4.78, 5) is 13.4. The van der Waals surface area contributed by atoms with E-state index in [2.05, 4.69) is 6.92 Å². The number of likely N-dealkylation sites (tertiary alicyclic amines) is 1. The summed E-state index contributed by atoms with van der Waals surface area (Å²) < 4.78 is 0. The Bertz CT molecular complexity index is 213. The van der Waals surface area contributed by atoms with E-state index in [0.29, 0.717) is 12.5 Å². The van der Waals surface area contributed by atoms with E-state index in [4.69, 9.17) is 5.73 Å². The van der Waals surface area contributed by atoms with Gasteiger partial charge in [-0.1, -0.05) is 12.8 Å². The van der Waals surface area contributed by atoms with Crippen LogP contribution in [0.1, 0.15) is 32.6 Å². The minimum atomic E-state index is 0.0779. The van der Waals surface area contributed by atoms with E-state index >= 15 is 0 Å². The third-order valence-corrected chi connectivity index (χ3v) is 3.09. The summed E-state index contributed by atoms with van der Waals surface area (Å²) in [5, 5.41) is 0. The van der Waals surface area contributed by atoms with Crippen molar-refractivity contribution in [2.45, 2.75) is 44.7 Å². The predicted molar refractivity (Wildman–Crippen MR) is 51.1 cm³/mol. The molecule has 3 heteroatoms. The Morgan fingerprint density at radius 1 is 1.62 bits per heavy atom. The quantitative estimate of drug-likeness (QED) is 0.699. The first-order valence-electron chi connectivity index (χ1n) is 5.22.